The Bertz CT molecular complexity index is 1770. The number of allylic oxidation sites excluding steroid dienone is 1. The lowest BCUT2D eigenvalue weighted by atomic mass is 9.96. The van der Waals surface area contributed by atoms with Crippen LogP contribution >= 0.6 is 23.1 Å². The van der Waals surface area contributed by atoms with Gasteiger partial charge in [0.1, 0.15) is 11.5 Å². The molecule has 4 aromatic rings. The minimum Gasteiger partial charge on any atom is -0.494 e. The van der Waals surface area contributed by atoms with Crippen LogP contribution in [0.2, 0.25) is 0 Å². The minimum absolute atomic E-state index is 0.280. The molecule has 5 rings (SSSR count). The number of carbonyl (C=O) groups excluding carboxylic acids is 1. The summed E-state index contributed by atoms with van der Waals surface area (Å²) >= 11 is 2.54. The van der Waals surface area contributed by atoms with Crippen LogP contribution in [-0.2, 0) is 9.53 Å². The molecule has 206 valence electrons. The van der Waals surface area contributed by atoms with Gasteiger partial charge in [-0.3, -0.25) is 9.36 Å². The van der Waals surface area contributed by atoms with E-state index in [1.807, 2.05) is 50.2 Å². The lowest BCUT2D eigenvalue weighted by molar-refractivity contribution is -0.143. The molecule has 0 unspecified atom stereocenters. The second-order valence-electron chi connectivity index (χ2n) is 9.28. The number of fused-ring (bicyclic) bond motifs is 1. The number of rotatable bonds is 8. The van der Waals surface area contributed by atoms with E-state index in [0.29, 0.717) is 49.0 Å². The molecule has 0 aliphatic carbocycles. The van der Waals surface area contributed by atoms with E-state index in [4.69, 9.17) is 13.9 Å². The van der Waals surface area contributed by atoms with E-state index in [1.165, 1.54) is 23.1 Å². The van der Waals surface area contributed by atoms with Crippen LogP contribution < -0.4 is 19.6 Å². The van der Waals surface area contributed by atoms with Gasteiger partial charge in [-0.1, -0.05) is 23.5 Å². The highest BCUT2D eigenvalue weighted by atomic mass is 32.2. The molecule has 0 bridgehead atoms. The van der Waals surface area contributed by atoms with Crippen LogP contribution in [0.5, 0.6) is 5.75 Å². The topological polar surface area (TPSA) is 109 Å². The van der Waals surface area contributed by atoms with Gasteiger partial charge in [0, 0.05) is 18.0 Å². The summed E-state index contributed by atoms with van der Waals surface area (Å²) < 4.78 is 19.1. The second kappa shape index (κ2) is 11.6. The van der Waals surface area contributed by atoms with Crippen LogP contribution in [0.3, 0.4) is 0 Å². The maximum atomic E-state index is 13.8. The predicted molar refractivity (Wildman–Crippen MR) is 152 cm³/mol. The smallest absolute Gasteiger partial charge is 0.338 e. The maximum absolute atomic E-state index is 13.8. The van der Waals surface area contributed by atoms with Crippen molar-refractivity contribution in [2.75, 3.05) is 6.61 Å². The van der Waals surface area contributed by atoms with Gasteiger partial charge in [-0.05, 0) is 82.3 Å². The van der Waals surface area contributed by atoms with Gasteiger partial charge in [0.15, 0.2) is 15.1 Å². The third-order valence-electron chi connectivity index (χ3n) is 5.93. The van der Waals surface area contributed by atoms with Crippen LogP contribution in [0.4, 0.5) is 0 Å². The first-order valence-electron chi connectivity index (χ1n) is 12.8. The van der Waals surface area contributed by atoms with E-state index in [2.05, 4.69) is 15.0 Å². The summed E-state index contributed by atoms with van der Waals surface area (Å²) in [5.41, 5.74) is 2.16. The number of esters is 1. The Balaban J connectivity index is 1.56. The standard InChI is InChI=1S/C29H28N4O5S2/c1-6-36-20-9-7-19(8-10-20)25-24(27(35)37-16(2)3)18(5)32-29-33(25)26(34)22(39-29)15-21-11-12-23(38-21)40-28-30-14-13-17(4)31-28/h7-16,25H,6H2,1-5H3/b22-15-/t25-/m1/s1. The Kier molecular flexibility index (Phi) is 8.04. The first kappa shape index (κ1) is 27.6. The SMILES string of the molecule is CCOc1ccc([C@@H]2C(C(=O)OC(C)C)=C(C)N=c3s/c(=C\c4ccc(Sc5nccc(C)n5)o4)c(=O)n32)cc1. The number of aromatic nitrogens is 3. The second-order valence-corrected chi connectivity index (χ2v) is 11.3. The van der Waals surface area contributed by atoms with E-state index in [-0.39, 0.29) is 11.7 Å². The van der Waals surface area contributed by atoms with Gasteiger partial charge in [0.25, 0.3) is 5.56 Å². The third kappa shape index (κ3) is 5.80. The van der Waals surface area contributed by atoms with Crippen molar-refractivity contribution in [3.8, 4) is 5.75 Å². The molecule has 0 amide bonds. The van der Waals surface area contributed by atoms with Crippen molar-refractivity contribution in [1.29, 1.82) is 0 Å². The normalized spacial score (nSPS) is 15.2. The minimum atomic E-state index is -0.707. The van der Waals surface area contributed by atoms with Gasteiger partial charge in [0.2, 0.25) is 0 Å². The number of thiazole rings is 1. The molecule has 1 aliphatic heterocycles. The molecule has 3 aromatic heterocycles. The highest BCUT2D eigenvalue weighted by Gasteiger charge is 2.33. The average Bonchev–Trinajstić information content (AvgIpc) is 3.46. The Labute approximate surface area is 238 Å². The third-order valence-corrected chi connectivity index (χ3v) is 7.71. The Morgan fingerprint density at radius 3 is 2.65 bits per heavy atom. The number of ether oxygens (including phenoxy) is 2. The summed E-state index contributed by atoms with van der Waals surface area (Å²) in [4.78, 5) is 40.8. The summed E-state index contributed by atoms with van der Waals surface area (Å²) in [6.07, 6.45) is 3.06. The molecule has 0 N–H and O–H groups in total. The van der Waals surface area contributed by atoms with Crippen molar-refractivity contribution >= 4 is 35.1 Å². The van der Waals surface area contributed by atoms with Crippen molar-refractivity contribution in [2.24, 2.45) is 4.99 Å². The Hall–Kier alpha value is -3.96. The number of furan rings is 1. The Morgan fingerprint density at radius 1 is 1.18 bits per heavy atom. The van der Waals surface area contributed by atoms with Gasteiger partial charge in [-0.25, -0.2) is 19.8 Å². The van der Waals surface area contributed by atoms with Crippen molar-refractivity contribution in [1.82, 2.24) is 14.5 Å². The number of benzene rings is 1. The summed E-state index contributed by atoms with van der Waals surface area (Å²) in [5, 5.41) is 1.18. The number of carbonyl (C=O) groups is 1. The van der Waals surface area contributed by atoms with Crippen molar-refractivity contribution < 1.29 is 18.7 Å². The van der Waals surface area contributed by atoms with E-state index < -0.39 is 12.0 Å². The van der Waals surface area contributed by atoms with Crippen LogP contribution in [0.15, 0.2) is 84.4 Å². The van der Waals surface area contributed by atoms with Gasteiger partial charge >= 0.3 is 5.97 Å². The highest BCUT2D eigenvalue weighted by molar-refractivity contribution is 7.99. The lowest BCUT2D eigenvalue weighted by Crippen LogP contribution is -2.40. The monoisotopic (exact) mass is 576 g/mol. The van der Waals surface area contributed by atoms with Gasteiger partial charge in [0.05, 0.1) is 34.6 Å². The number of nitrogens with zero attached hydrogens (tertiary/aromatic N) is 4. The first-order valence-corrected chi connectivity index (χ1v) is 14.4. The fourth-order valence-corrected chi connectivity index (χ4v) is 6.03. The summed E-state index contributed by atoms with van der Waals surface area (Å²) in [5.74, 6) is 0.705. The van der Waals surface area contributed by atoms with Gasteiger partial charge < -0.3 is 13.9 Å². The van der Waals surface area contributed by atoms with Crippen LogP contribution in [0, 0.1) is 6.92 Å². The van der Waals surface area contributed by atoms with E-state index in [0.717, 1.165) is 11.3 Å². The fourth-order valence-electron chi connectivity index (χ4n) is 4.25. The largest absolute Gasteiger partial charge is 0.494 e. The quantitative estimate of drug-likeness (QED) is 0.224. The number of hydrogen-bond acceptors (Lipinski definition) is 10. The predicted octanol–water partition coefficient (Wildman–Crippen LogP) is 4.43. The van der Waals surface area contributed by atoms with E-state index in [9.17, 15) is 9.59 Å². The molecule has 11 heteroatoms. The molecule has 1 atom stereocenters. The molecule has 1 aliphatic rings. The molecule has 0 fully saturated rings. The molecule has 4 heterocycles. The fraction of sp³-hybridized carbons (Fsp3) is 0.276. The van der Waals surface area contributed by atoms with E-state index in [1.54, 1.807) is 43.7 Å². The average molecular weight is 577 g/mol. The molecule has 0 radical (unpaired) electrons. The van der Waals surface area contributed by atoms with E-state index >= 15 is 0 Å². The zero-order valence-electron chi connectivity index (χ0n) is 22.7. The molecular formula is C29H28N4O5S2. The highest BCUT2D eigenvalue weighted by Crippen LogP contribution is 2.32. The van der Waals surface area contributed by atoms with Crippen LogP contribution in [-0.4, -0.2) is 33.2 Å². The van der Waals surface area contributed by atoms with Crippen molar-refractivity contribution in [3.63, 3.8) is 0 Å². The Morgan fingerprint density at radius 2 is 1.95 bits per heavy atom. The summed E-state index contributed by atoms with van der Waals surface area (Å²) in [6, 6.07) is 12.1. The first-order chi connectivity index (χ1) is 19.2. The van der Waals surface area contributed by atoms with Crippen LogP contribution in [0.1, 0.15) is 50.8 Å². The molecule has 0 spiro atoms. The zero-order valence-corrected chi connectivity index (χ0v) is 24.3. The lowest BCUT2D eigenvalue weighted by Gasteiger charge is -2.25. The molecule has 0 saturated carbocycles. The van der Waals surface area contributed by atoms with Crippen molar-refractivity contribution in [2.45, 2.75) is 57.0 Å². The van der Waals surface area contributed by atoms with Gasteiger partial charge in [-0.2, -0.15) is 0 Å². The van der Waals surface area contributed by atoms with Crippen molar-refractivity contribution in [3.05, 3.63) is 96.6 Å². The summed E-state index contributed by atoms with van der Waals surface area (Å²) in [7, 11) is 0. The van der Waals surface area contributed by atoms with Gasteiger partial charge in [-0.15, -0.1) is 0 Å². The molecule has 9 nitrogen and oxygen atoms in total. The van der Waals surface area contributed by atoms with Crippen LogP contribution in [0.25, 0.3) is 6.08 Å². The molecular weight excluding hydrogens is 548 g/mol. The number of hydrogen-bond donors (Lipinski definition) is 0. The molecule has 40 heavy (non-hydrogen) atoms. The maximum Gasteiger partial charge on any atom is 0.338 e. The zero-order chi connectivity index (χ0) is 28.4. The molecule has 0 saturated heterocycles. The molecule has 1 aromatic carbocycles. The summed E-state index contributed by atoms with van der Waals surface area (Å²) in [6.45, 7) is 9.68. The number of aryl methyl sites for hydroxylation is 1.